The maximum atomic E-state index is 11.6. The lowest BCUT2D eigenvalue weighted by molar-refractivity contribution is -0.129. The molecule has 6 heteroatoms. The molecule has 0 aromatic heterocycles. The van der Waals surface area contributed by atoms with Crippen LogP contribution in [0.5, 0.6) is 0 Å². The maximum absolute atomic E-state index is 11.6. The van der Waals surface area contributed by atoms with Crippen molar-refractivity contribution in [3.63, 3.8) is 0 Å². The zero-order chi connectivity index (χ0) is 12.1. The Morgan fingerprint density at radius 1 is 1.69 bits per heavy atom. The monoisotopic (exact) mass is 230 g/mol. The van der Waals surface area contributed by atoms with E-state index in [1.807, 2.05) is 6.92 Å². The molecular formula is C10H18N2O4. The van der Waals surface area contributed by atoms with E-state index in [0.29, 0.717) is 13.1 Å². The fourth-order valence-electron chi connectivity index (χ4n) is 1.68. The second-order valence-corrected chi connectivity index (χ2v) is 3.91. The quantitative estimate of drug-likeness (QED) is 0.526. The molecular weight excluding hydrogens is 212 g/mol. The zero-order valence-electron chi connectivity index (χ0n) is 9.35. The molecule has 0 saturated carbocycles. The zero-order valence-corrected chi connectivity index (χ0v) is 9.35. The van der Waals surface area contributed by atoms with Crippen LogP contribution in [0.15, 0.2) is 0 Å². The van der Waals surface area contributed by atoms with Crippen molar-refractivity contribution in [2.75, 3.05) is 26.2 Å². The predicted molar refractivity (Wildman–Crippen MR) is 56.5 cm³/mol. The second-order valence-electron chi connectivity index (χ2n) is 3.91. The molecule has 3 N–H and O–H groups in total. The fourth-order valence-corrected chi connectivity index (χ4v) is 1.68. The standard InChI is InChI=1S/C10H18N2O4/c1-2-12-5-7(3-9(12)15)10(16)11-4-8(14)6-13/h7-8,13-14H,2-6H2,1H3,(H,11,16). The highest BCUT2D eigenvalue weighted by Gasteiger charge is 2.33. The first kappa shape index (κ1) is 12.9. The summed E-state index contributed by atoms with van der Waals surface area (Å²) >= 11 is 0. The van der Waals surface area contributed by atoms with Gasteiger partial charge in [0.1, 0.15) is 0 Å². The van der Waals surface area contributed by atoms with Crippen LogP contribution in [0.1, 0.15) is 13.3 Å². The molecule has 0 bridgehead atoms. The van der Waals surface area contributed by atoms with E-state index < -0.39 is 6.10 Å². The van der Waals surface area contributed by atoms with Gasteiger partial charge in [-0.2, -0.15) is 0 Å². The normalized spacial score (nSPS) is 22.3. The van der Waals surface area contributed by atoms with Gasteiger partial charge in [0, 0.05) is 26.1 Å². The first-order chi connectivity index (χ1) is 7.58. The maximum Gasteiger partial charge on any atom is 0.225 e. The minimum Gasteiger partial charge on any atom is -0.394 e. The smallest absolute Gasteiger partial charge is 0.225 e. The van der Waals surface area contributed by atoms with Crippen LogP contribution in [0.2, 0.25) is 0 Å². The van der Waals surface area contributed by atoms with Crippen molar-refractivity contribution in [3.05, 3.63) is 0 Å². The van der Waals surface area contributed by atoms with Gasteiger partial charge >= 0.3 is 0 Å². The van der Waals surface area contributed by atoms with E-state index >= 15 is 0 Å². The molecule has 6 nitrogen and oxygen atoms in total. The number of aliphatic hydroxyl groups is 2. The molecule has 0 radical (unpaired) electrons. The highest BCUT2D eigenvalue weighted by atomic mass is 16.3. The van der Waals surface area contributed by atoms with Crippen molar-refractivity contribution in [1.29, 1.82) is 0 Å². The Balaban J connectivity index is 2.36. The van der Waals surface area contributed by atoms with Crippen molar-refractivity contribution in [2.45, 2.75) is 19.4 Å². The molecule has 16 heavy (non-hydrogen) atoms. The third kappa shape index (κ3) is 3.18. The second kappa shape index (κ2) is 5.81. The number of carbonyl (C=O) groups excluding carboxylic acids is 2. The lowest BCUT2D eigenvalue weighted by atomic mass is 10.1. The first-order valence-corrected chi connectivity index (χ1v) is 5.42. The fraction of sp³-hybridized carbons (Fsp3) is 0.800. The minimum absolute atomic E-state index is 0.00893. The van der Waals surface area contributed by atoms with Gasteiger partial charge in [0.25, 0.3) is 0 Å². The average molecular weight is 230 g/mol. The molecule has 1 heterocycles. The van der Waals surface area contributed by atoms with Crippen molar-refractivity contribution >= 4 is 11.8 Å². The molecule has 2 unspecified atom stereocenters. The summed E-state index contributed by atoms with van der Waals surface area (Å²) in [5.41, 5.74) is 0. The van der Waals surface area contributed by atoms with Crippen LogP contribution >= 0.6 is 0 Å². The number of hydrogen-bond donors (Lipinski definition) is 3. The summed E-state index contributed by atoms with van der Waals surface area (Å²) in [6.45, 7) is 2.56. The summed E-state index contributed by atoms with van der Waals surface area (Å²) in [5, 5.41) is 20.1. The van der Waals surface area contributed by atoms with Crippen LogP contribution in [0.3, 0.4) is 0 Å². The predicted octanol–water partition coefficient (Wildman–Crippen LogP) is -1.68. The van der Waals surface area contributed by atoms with Gasteiger partial charge in [-0.3, -0.25) is 9.59 Å². The average Bonchev–Trinajstić information content (AvgIpc) is 2.66. The third-order valence-corrected chi connectivity index (χ3v) is 2.69. The van der Waals surface area contributed by atoms with Crippen molar-refractivity contribution in [3.8, 4) is 0 Å². The Labute approximate surface area is 94.2 Å². The van der Waals surface area contributed by atoms with E-state index in [1.54, 1.807) is 4.90 Å². The van der Waals surface area contributed by atoms with E-state index in [-0.39, 0.29) is 37.3 Å². The SMILES string of the molecule is CCN1CC(C(=O)NCC(O)CO)CC1=O. The molecule has 92 valence electrons. The molecule has 1 aliphatic rings. The summed E-state index contributed by atoms with van der Waals surface area (Å²) in [4.78, 5) is 24.6. The Hall–Kier alpha value is -1.14. The van der Waals surface area contributed by atoms with E-state index in [4.69, 9.17) is 10.2 Å². The van der Waals surface area contributed by atoms with Crippen LogP contribution in [0, 0.1) is 5.92 Å². The molecule has 2 amide bonds. The molecule has 1 aliphatic heterocycles. The Morgan fingerprint density at radius 2 is 2.38 bits per heavy atom. The molecule has 0 aromatic carbocycles. The van der Waals surface area contributed by atoms with E-state index in [9.17, 15) is 9.59 Å². The largest absolute Gasteiger partial charge is 0.394 e. The van der Waals surface area contributed by atoms with Crippen LogP contribution in [-0.2, 0) is 9.59 Å². The van der Waals surface area contributed by atoms with E-state index in [2.05, 4.69) is 5.32 Å². The van der Waals surface area contributed by atoms with Gasteiger partial charge in [0.05, 0.1) is 18.6 Å². The number of aliphatic hydroxyl groups excluding tert-OH is 2. The molecule has 0 aliphatic carbocycles. The van der Waals surface area contributed by atoms with E-state index in [1.165, 1.54) is 0 Å². The van der Waals surface area contributed by atoms with Gasteiger partial charge in [-0.25, -0.2) is 0 Å². The molecule has 0 aromatic rings. The molecule has 1 rings (SSSR count). The lowest BCUT2D eigenvalue weighted by Gasteiger charge is -2.14. The van der Waals surface area contributed by atoms with Gasteiger partial charge < -0.3 is 20.4 Å². The number of hydrogen-bond acceptors (Lipinski definition) is 4. The number of likely N-dealkylation sites (tertiary alicyclic amines) is 1. The third-order valence-electron chi connectivity index (χ3n) is 2.69. The number of amides is 2. The number of nitrogens with one attached hydrogen (secondary N) is 1. The molecule has 2 atom stereocenters. The Kier molecular flexibility index (Phi) is 4.70. The van der Waals surface area contributed by atoms with Crippen molar-refractivity contribution < 1.29 is 19.8 Å². The van der Waals surface area contributed by atoms with E-state index in [0.717, 1.165) is 0 Å². The van der Waals surface area contributed by atoms with Gasteiger partial charge in [-0.05, 0) is 6.92 Å². The highest BCUT2D eigenvalue weighted by molar-refractivity contribution is 5.89. The van der Waals surface area contributed by atoms with Gasteiger partial charge in [-0.15, -0.1) is 0 Å². The summed E-state index contributed by atoms with van der Waals surface area (Å²) in [6, 6.07) is 0. The summed E-state index contributed by atoms with van der Waals surface area (Å²) < 4.78 is 0. The first-order valence-electron chi connectivity index (χ1n) is 5.42. The van der Waals surface area contributed by atoms with Gasteiger partial charge in [-0.1, -0.05) is 0 Å². The molecule has 0 spiro atoms. The Morgan fingerprint density at radius 3 is 2.88 bits per heavy atom. The van der Waals surface area contributed by atoms with Gasteiger partial charge in [0.15, 0.2) is 0 Å². The van der Waals surface area contributed by atoms with Crippen LogP contribution < -0.4 is 5.32 Å². The van der Waals surface area contributed by atoms with Crippen LogP contribution in [0.4, 0.5) is 0 Å². The van der Waals surface area contributed by atoms with Crippen molar-refractivity contribution in [1.82, 2.24) is 10.2 Å². The Bertz CT molecular complexity index is 270. The topological polar surface area (TPSA) is 89.9 Å². The lowest BCUT2D eigenvalue weighted by Crippen LogP contribution is -2.38. The highest BCUT2D eigenvalue weighted by Crippen LogP contribution is 2.17. The summed E-state index contributed by atoms with van der Waals surface area (Å²) in [7, 11) is 0. The number of carbonyl (C=O) groups is 2. The van der Waals surface area contributed by atoms with Gasteiger partial charge in [0.2, 0.25) is 11.8 Å². The van der Waals surface area contributed by atoms with Crippen LogP contribution in [-0.4, -0.2) is 59.3 Å². The summed E-state index contributed by atoms with van der Waals surface area (Å²) in [6.07, 6.45) is -0.710. The minimum atomic E-state index is -0.941. The van der Waals surface area contributed by atoms with Crippen molar-refractivity contribution in [2.24, 2.45) is 5.92 Å². The molecule has 1 fully saturated rings. The van der Waals surface area contributed by atoms with Crippen LogP contribution in [0.25, 0.3) is 0 Å². The number of nitrogens with zero attached hydrogens (tertiary/aromatic N) is 1. The molecule has 1 saturated heterocycles. The summed E-state index contributed by atoms with van der Waals surface area (Å²) in [5.74, 6) is -0.583. The number of rotatable bonds is 5.